The molecule has 0 radical (unpaired) electrons. The third-order valence-electron chi connectivity index (χ3n) is 8.47. The molecular weight excluding hydrogens is 614 g/mol. The zero-order valence-electron chi connectivity index (χ0n) is 25.9. The van der Waals surface area contributed by atoms with E-state index in [1.807, 2.05) is 12.1 Å². The SMILES string of the molecule is CCc1nn(CC(=O)N(Cc2ccc(-c3ccc(C(F)(F)F)cc3)cc2)C2CCN(C=O)CC2)c(CCc2ccccc2F)nc1=O. The van der Waals surface area contributed by atoms with Gasteiger partial charge in [-0.15, -0.1) is 0 Å². The van der Waals surface area contributed by atoms with Gasteiger partial charge in [-0.1, -0.05) is 61.5 Å². The number of carbonyl (C=O) groups is 2. The maximum atomic E-state index is 14.3. The molecular formula is C35H35F4N5O3. The van der Waals surface area contributed by atoms with Gasteiger partial charge in [0.2, 0.25) is 12.3 Å². The molecule has 2 heterocycles. The molecule has 1 aromatic heterocycles. The van der Waals surface area contributed by atoms with E-state index in [9.17, 15) is 31.9 Å². The van der Waals surface area contributed by atoms with Crippen molar-refractivity contribution >= 4 is 12.3 Å². The lowest BCUT2D eigenvalue weighted by Crippen LogP contribution is -2.48. The summed E-state index contributed by atoms with van der Waals surface area (Å²) in [5, 5.41) is 4.47. The molecule has 4 aromatic rings. The fourth-order valence-corrected chi connectivity index (χ4v) is 5.76. The average Bonchev–Trinajstić information content (AvgIpc) is 3.07. The predicted molar refractivity (Wildman–Crippen MR) is 168 cm³/mol. The van der Waals surface area contributed by atoms with Crippen LogP contribution in [0.3, 0.4) is 0 Å². The van der Waals surface area contributed by atoms with Crippen LogP contribution in [-0.4, -0.2) is 56.0 Å². The predicted octanol–water partition coefficient (Wildman–Crippen LogP) is 5.46. The van der Waals surface area contributed by atoms with Crippen molar-refractivity contribution in [1.29, 1.82) is 0 Å². The Morgan fingerprint density at radius 1 is 0.957 bits per heavy atom. The van der Waals surface area contributed by atoms with E-state index >= 15 is 0 Å². The Balaban J connectivity index is 1.38. The Hall–Kier alpha value is -4.87. The fraction of sp³-hybridized carbons (Fsp3) is 0.343. The first-order valence-electron chi connectivity index (χ1n) is 15.5. The van der Waals surface area contributed by atoms with Gasteiger partial charge >= 0.3 is 6.18 Å². The third-order valence-corrected chi connectivity index (χ3v) is 8.47. The Labute approximate surface area is 269 Å². The molecule has 0 spiro atoms. The van der Waals surface area contributed by atoms with Crippen molar-refractivity contribution in [3.8, 4) is 11.1 Å². The smallest absolute Gasteiger partial charge is 0.345 e. The number of hydrogen-bond donors (Lipinski definition) is 0. The molecule has 8 nitrogen and oxygen atoms in total. The van der Waals surface area contributed by atoms with Gasteiger partial charge in [0.05, 0.1) is 5.56 Å². The van der Waals surface area contributed by atoms with Gasteiger partial charge in [-0.2, -0.15) is 23.3 Å². The molecule has 12 heteroatoms. The zero-order chi connectivity index (χ0) is 33.6. The molecule has 0 aliphatic carbocycles. The molecule has 0 N–H and O–H groups in total. The molecule has 1 saturated heterocycles. The summed E-state index contributed by atoms with van der Waals surface area (Å²) < 4.78 is 54.8. The standard InChI is InChI=1S/C35H35F4N5O3/c1-2-31-34(47)40-32(16-13-27-5-3-4-6-30(27)36)44(41-31)22-33(46)43(29-17-19-42(23-45)20-18-29)21-24-7-9-25(10-8-24)26-11-14-28(15-12-26)35(37,38)39/h3-12,14-15,23,29H,2,13,16-22H2,1H3. The molecule has 47 heavy (non-hydrogen) atoms. The van der Waals surface area contributed by atoms with Crippen molar-refractivity contribution in [2.75, 3.05) is 13.1 Å². The Bertz CT molecular complexity index is 1750. The number of halogens is 4. The van der Waals surface area contributed by atoms with Crippen molar-refractivity contribution in [3.63, 3.8) is 0 Å². The average molecular weight is 650 g/mol. The van der Waals surface area contributed by atoms with Gasteiger partial charge in [-0.3, -0.25) is 14.4 Å². The second-order valence-corrected chi connectivity index (χ2v) is 11.5. The van der Waals surface area contributed by atoms with Crippen LogP contribution >= 0.6 is 0 Å². The van der Waals surface area contributed by atoms with E-state index in [1.165, 1.54) is 22.9 Å². The minimum Gasteiger partial charge on any atom is -0.345 e. The minimum absolute atomic E-state index is 0.173. The highest BCUT2D eigenvalue weighted by Gasteiger charge is 2.30. The summed E-state index contributed by atoms with van der Waals surface area (Å²) in [6.45, 7) is 2.83. The molecule has 2 amide bonds. The number of piperidine rings is 1. The second kappa shape index (κ2) is 14.7. The van der Waals surface area contributed by atoms with Gasteiger partial charge in [0, 0.05) is 32.1 Å². The molecule has 0 saturated carbocycles. The zero-order valence-corrected chi connectivity index (χ0v) is 25.9. The quantitative estimate of drug-likeness (QED) is 0.159. The number of benzene rings is 3. The molecule has 1 aliphatic rings. The number of amides is 2. The molecule has 3 aromatic carbocycles. The normalized spacial score (nSPS) is 13.9. The maximum Gasteiger partial charge on any atom is 0.416 e. The van der Waals surface area contributed by atoms with E-state index in [4.69, 9.17) is 0 Å². The Morgan fingerprint density at radius 2 is 1.60 bits per heavy atom. The first kappa shape index (κ1) is 33.5. The van der Waals surface area contributed by atoms with E-state index in [-0.39, 0.29) is 55.2 Å². The lowest BCUT2D eigenvalue weighted by Gasteiger charge is -2.37. The van der Waals surface area contributed by atoms with Crippen molar-refractivity contribution in [2.24, 2.45) is 0 Å². The number of alkyl halides is 3. The maximum absolute atomic E-state index is 14.3. The van der Waals surface area contributed by atoms with Crippen LogP contribution in [0.25, 0.3) is 11.1 Å². The summed E-state index contributed by atoms with van der Waals surface area (Å²) in [6, 6.07) is 18.4. The van der Waals surface area contributed by atoms with Crippen molar-refractivity contribution in [1.82, 2.24) is 24.6 Å². The highest BCUT2D eigenvalue weighted by molar-refractivity contribution is 5.76. The number of rotatable bonds is 11. The van der Waals surface area contributed by atoms with E-state index in [0.29, 0.717) is 43.5 Å². The number of aromatic nitrogens is 3. The summed E-state index contributed by atoms with van der Waals surface area (Å²) in [5.41, 5.74) is 1.65. The fourth-order valence-electron chi connectivity index (χ4n) is 5.76. The van der Waals surface area contributed by atoms with Crippen LogP contribution < -0.4 is 5.56 Å². The summed E-state index contributed by atoms with van der Waals surface area (Å²) in [6.07, 6.45) is -1.68. The summed E-state index contributed by atoms with van der Waals surface area (Å²) in [4.78, 5) is 45.7. The molecule has 246 valence electrons. The summed E-state index contributed by atoms with van der Waals surface area (Å²) in [5.74, 6) is -0.346. The number of likely N-dealkylation sites (tertiary alicyclic amines) is 1. The van der Waals surface area contributed by atoms with Crippen LogP contribution in [0.15, 0.2) is 77.6 Å². The highest BCUT2D eigenvalue weighted by Crippen LogP contribution is 2.31. The molecule has 0 bridgehead atoms. The summed E-state index contributed by atoms with van der Waals surface area (Å²) >= 11 is 0. The molecule has 0 atom stereocenters. The van der Waals surface area contributed by atoms with Crippen LogP contribution in [0, 0.1) is 5.82 Å². The van der Waals surface area contributed by atoms with Gasteiger partial charge in [-0.25, -0.2) is 9.07 Å². The Morgan fingerprint density at radius 3 is 2.19 bits per heavy atom. The second-order valence-electron chi connectivity index (χ2n) is 11.5. The van der Waals surface area contributed by atoms with Crippen molar-refractivity contribution in [3.05, 3.63) is 117 Å². The third kappa shape index (κ3) is 8.30. The van der Waals surface area contributed by atoms with E-state index in [0.717, 1.165) is 29.7 Å². The number of carbonyl (C=O) groups excluding carboxylic acids is 2. The monoisotopic (exact) mass is 649 g/mol. The van der Waals surface area contributed by atoms with Crippen molar-refractivity contribution < 1.29 is 27.2 Å². The molecule has 5 rings (SSSR count). The van der Waals surface area contributed by atoms with E-state index in [1.54, 1.807) is 47.1 Å². The van der Waals surface area contributed by atoms with Gasteiger partial charge in [0.25, 0.3) is 5.56 Å². The topological polar surface area (TPSA) is 88.4 Å². The molecule has 1 fully saturated rings. The van der Waals surface area contributed by atoms with Gasteiger partial charge in [0.1, 0.15) is 23.9 Å². The van der Waals surface area contributed by atoms with E-state index in [2.05, 4.69) is 10.1 Å². The minimum atomic E-state index is -4.42. The van der Waals surface area contributed by atoms with Crippen LogP contribution in [0.1, 0.15) is 48.0 Å². The highest BCUT2D eigenvalue weighted by atomic mass is 19.4. The summed E-state index contributed by atoms with van der Waals surface area (Å²) in [7, 11) is 0. The van der Waals surface area contributed by atoms with Gasteiger partial charge in [-0.05, 0) is 66.1 Å². The van der Waals surface area contributed by atoms with Crippen molar-refractivity contribution in [2.45, 2.75) is 64.3 Å². The van der Waals surface area contributed by atoms with Crippen LogP contribution in [0.4, 0.5) is 17.6 Å². The lowest BCUT2D eigenvalue weighted by atomic mass is 10.0. The van der Waals surface area contributed by atoms with Gasteiger partial charge in [0.15, 0.2) is 0 Å². The van der Waals surface area contributed by atoms with Crippen LogP contribution in [0.5, 0.6) is 0 Å². The molecule has 0 unspecified atom stereocenters. The molecule has 1 aliphatic heterocycles. The number of nitrogens with zero attached hydrogens (tertiary/aromatic N) is 5. The first-order valence-corrected chi connectivity index (χ1v) is 15.5. The number of aryl methyl sites for hydroxylation is 3. The van der Waals surface area contributed by atoms with Gasteiger partial charge < -0.3 is 9.80 Å². The first-order chi connectivity index (χ1) is 22.5. The Kier molecular flexibility index (Phi) is 10.5. The largest absolute Gasteiger partial charge is 0.416 e. The van der Waals surface area contributed by atoms with Crippen LogP contribution in [-0.2, 0) is 48.1 Å². The number of hydrogen-bond acceptors (Lipinski definition) is 5. The van der Waals surface area contributed by atoms with Crippen LogP contribution in [0.2, 0.25) is 0 Å². The van der Waals surface area contributed by atoms with E-state index < -0.39 is 17.3 Å². The lowest BCUT2D eigenvalue weighted by molar-refractivity contribution is -0.138.